The Hall–Kier alpha value is -1.65. The minimum atomic E-state index is 0.0498. The van der Waals surface area contributed by atoms with Gasteiger partial charge in [0.2, 0.25) is 5.91 Å². The average molecular weight is 304 g/mol. The van der Waals surface area contributed by atoms with Crippen molar-refractivity contribution in [2.45, 2.75) is 46.5 Å². The van der Waals surface area contributed by atoms with Gasteiger partial charge in [0.25, 0.3) is 0 Å². The fraction of sp³-hybridized carbons (Fsp3) is 0.706. The van der Waals surface area contributed by atoms with Crippen molar-refractivity contribution in [1.29, 1.82) is 0 Å². The van der Waals surface area contributed by atoms with Gasteiger partial charge in [-0.2, -0.15) is 0 Å². The number of carbonyl (C=O) groups excluding carboxylic acids is 1. The summed E-state index contributed by atoms with van der Waals surface area (Å²) >= 11 is 0. The highest BCUT2D eigenvalue weighted by Crippen LogP contribution is 2.25. The summed E-state index contributed by atoms with van der Waals surface area (Å²) in [5.41, 5.74) is 1.05. The van der Waals surface area contributed by atoms with Crippen LogP contribution in [0.5, 0.6) is 0 Å². The molecule has 5 nitrogen and oxygen atoms in total. The van der Waals surface area contributed by atoms with Crippen molar-refractivity contribution in [3.05, 3.63) is 18.1 Å². The summed E-state index contributed by atoms with van der Waals surface area (Å²) in [5, 5.41) is 3.10. The Morgan fingerprint density at radius 2 is 2.09 bits per heavy atom. The summed E-state index contributed by atoms with van der Waals surface area (Å²) in [6.07, 6.45) is 7.17. The SMILES string of the molecule is CNc1nccnc1CC1CCCN(C(=O)CC(C)(C)C)C1. The molecular weight excluding hydrogens is 276 g/mol. The van der Waals surface area contributed by atoms with Gasteiger partial charge in [-0.05, 0) is 30.6 Å². The molecule has 1 N–H and O–H groups in total. The Morgan fingerprint density at radius 3 is 2.77 bits per heavy atom. The number of nitrogens with zero attached hydrogens (tertiary/aromatic N) is 3. The van der Waals surface area contributed by atoms with E-state index >= 15 is 0 Å². The molecule has 22 heavy (non-hydrogen) atoms. The molecule has 0 saturated carbocycles. The molecule has 1 unspecified atom stereocenters. The number of likely N-dealkylation sites (tertiary alicyclic amines) is 1. The predicted molar refractivity (Wildman–Crippen MR) is 88.7 cm³/mol. The van der Waals surface area contributed by atoms with Gasteiger partial charge in [-0.1, -0.05) is 20.8 Å². The van der Waals surface area contributed by atoms with Crippen molar-refractivity contribution in [1.82, 2.24) is 14.9 Å². The van der Waals surface area contributed by atoms with Crippen LogP contribution in [0.1, 0.15) is 45.7 Å². The fourth-order valence-corrected chi connectivity index (χ4v) is 3.02. The third kappa shape index (κ3) is 4.68. The van der Waals surface area contributed by atoms with Crippen LogP contribution >= 0.6 is 0 Å². The number of aromatic nitrogens is 2. The van der Waals surface area contributed by atoms with E-state index in [1.165, 1.54) is 0 Å². The second-order valence-corrected chi connectivity index (χ2v) is 7.39. The molecule has 0 spiro atoms. The van der Waals surface area contributed by atoms with E-state index in [1.807, 2.05) is 11.9 Å². The smallest absolute Gasteiger partial charge is 0.223 e. The van der Waals surface area contributed by atoms with Gasteiger partial charge in [-0.3, -0.25) is 9.78 Å². The number of hydrogen-bond acceptors (Lipinski definition) is 4. The molecule has 1 aromatic rings. The summed E-state index contributed by atoms with van der Waals surface area (Å²) in [6.45, 7) is 8.08. The second kappa shape index (κ2) is 7.07. The Kier molecular flexibility index (Phi) is 5.37. The minimum absolute atomic E-state index is 0.0498. The lowest BCUT2D eigenvalue weighted by atomic mass is 9.89. The van der Waals surface area contributed by atoms with Crippen LogP contribution in [0.25, 0.3) is 0 Å². The Bertz CT molecular complexity index is 510. The van der Waals surface area contributed by atoms with Gasteiger partial charge in [0.1, 0.15) is 5.82 Å². The van der Waals surface area contributed by atoms with Gasteiger partial charge >= 0.3 is 0 Å². The van der Waals surface area contributed by atoms with Crippen molar-refractivity contribution in [3.8, 4) is 0 Å². The number of amides is 1. The normalized spacial score (nSPS) is 19.1. The number of rotatable bonds is 4. The van der Waals surface area contributed by atoms with Crippen LogP contribution in [0.2, 0.25) is 0 Å². The number of anilines is 1. The standard InChI is InChI=1S/C17H28N4O/c1-17(2,3)11-15(22)21-9-5-6-13(12-21)10-14-16(18-4)20-8-7-19-14/h7-8,13H,5-6,9-12H2,1-4H3,(H,18,20). The third-order valence-electron chi connectivity index (χ3n) is 4.05. The van der Waals surface area contributed by atoms with E-state index in [0.29, 0.717) is 12.3 Å². The van der Waals surface area contributed by atoms with E-state index in [0.717, 1.165) is 43.9 Å². The van der Waals surface area contributed by atoms with Gasteiger partial charge in [0.05, 0.1) is 5.69 Å². The maximum Gasteiger partial charge on any atom is 0.223 e. The quantitative estimate of drug-likeness (QED) is 0.929. The van der Waals surface area contributed by atoms with Crippen LogP contribution in [0, 0.1) is 11.3 Å². The average Bonchev–Trinajstić information content (AvgIpc) is 2.46. The number of nitrogens with one attached hydrogen (secondary N) is 1. The second-order valence-electron chi connectivity index (χ2n) is 7.39. The topological polar surface area (TPSA) is 58.1 Å². The van der Waals surface area contributed by atoms with Gasteiger partial charge in [-0.25, -0.2) is 4.98 Å². The molecule has 1 fully saturated rings. The molecule has 1 atom stereocenters. The first-order chi connectivity index (χ1) is 10.4. The van der Waals surface area contributed by atoms with E-state index in [9.17, 15) is 4.79 Å². The Labute approximate surface area is 133 Å². The summed E-state index contributed by atoms with van der Waals surface area (Å²) < 4.78 is 0. The zero-order chi connectivity index (χ0) is 16.2. The monoisotopic (exact) mass is 304 g/mol. The van der Waals surface area contributed by atoms with Crippen LogP contribution in [0.3, 0.4) is 0 Å². The van der Waals surface area contributed by atoms with Gasteiger partial charge in [-0.15, -0.1) is 0 Å². The molecule has 1 aliphatic heterocycles. The number of hydrogen-bond donors (Lipinski definition) is 1. The molecule has 2 heterocycles. The molecule has 2 rings (SSSR count). The van der Waals surface area contributed by atoms with Gasteiger partial charge in [0, 0.05) is 39.0 Å². The largest absolute Gasteiger partial charge is 0.372 e. The Balaban J connectivity index is 1.97. The predicted octanol–water partition coefficient (Wildman–Crippen LogP) is 2.74. The Morgan fingerprint density at radius 1 is 1.36 bits per heavy atom. The van der Waals surface area contributed by atoms with E-state index in [-0.39, 0.29) is 11.3 Å². The van der Waals surface area contributed by atoms with Crippen LogP contribution in [0.15, 0.2) is 12.4 Å². The highest BCUT2D eigenvalue weighted by molar-refractivity contribution is 5.76. The van der Waals surface area contributed by atoms with Crippen LogP contribution < -0.4 is 5.32 Å². The summed E-state index contributed by atoms with van der Waals surface area (Å²) in [5.74, 6) is 1.60. The van der Waals surface area contributed by atoms with Gasteiger partial charge < -0.3 is 10.2 Å². The molecule has 0 bridgehead atoms. The van der Waals surface area contributed by atoms with Crippen molar-refractivity contribution in [3.63, 3.8) is 0 Å². The summed E-state index contributed by atoms with van der Waals surface area (Å²) in [7, 11) is 1.87. The zero-order valence-corrected chi connectivity index (χ0v) is 14.2. The lowest BCUT2D eigenvalue weighted by Gasteiger charge is -2.34. The highest BCUT2D eigenvalue weighted by Gasteiger charge is 2.27. The molecule has 0 aromatic carbocycles. The van der Waals surface area contributed by atoms with E-state index in [2.05, 4.69) is 36.1 Å². The summed E-state index contributed by atoms with van der Waals surface area (Å²) in [6, 6.07) is 0. The molecule has 1 saturated heterocycles. The fourth-order valence-electron chi connectivity index (χ4n) is 3.02. The number of piperidine rings is 1. The van der Waals surface area contributed by atoms with E-state index in [4.69, 9.17) is 0 Å². The molecule has 0 aliphatic carbocycles. The minimum Gasteiger partial charge on any atom is -0.372 e. The molecule has 1 amide bonds. The van der Waals surface area contributed by atoms with E-state index in [1.54, 1.807) is 12.4 Å². The zero-order valence-electron chi connectivity index (χ0n) is 14.2. The number of carbonyl (C=O) groups is 1. The molecular formula is C17H28N4O. The van der Waals surface area contributed by atoms with E-state index < -0.39 is 0 Å². The maximum atomic E-state index is 12.4. The van der Waals surface area contributed by atoms with Gasteiger partial charge in [0.15, 0.2) is 0 Å². The van der Waals surface area contributed by atoms with Crippen LogP contribution in [-0.4, -0.2) is 40.9 Å². The van der Waals surface area contributed by atoms with Crippen LogP contribution in [0.4, 0.5) is 5.82 Å². The van der Waals surface area contributed by atoms with Crippen molar-refractivity contribution in [2.75, 3.05) is 25.5 Å². The lowest BCUT2D eigenvalue weighted by molar-refractivity contribution is -0.134. The first-order valence-electron chi connectivity index (χ1n) is 8.14. The summed E-state index contributed by atoms with van der Waals surface area (Å²) in [4.78, 5) is 23.2. The molecule has 0 radical (unpaired) electrons. The van der Waals surface area contributed by atoms with Crippen molar-refractivity contribution < 1.29 is 4.79 Å². The maximum absolute atomic E-state index is 12.4. The third-order valence-corrected chi connectivity index (χ3v) is 4.05. The van der Waals surface area contributed by atoms with Crippen molar-refractivity contribution in [2.24, 2.45) is 11.3 Å². The molecule has 5 heteroatoms. The van der Waals surface area contributed by atoms with Crippen molar-refractivity contribution >= 4 is 11.7 Å². The first kappa shape index (κ1) is 16.7. The van der Waals surface area contributed by atoms with Crippen LogP contribution in [-0.2, 0) is 11.2 Å². The lowest BCUT2D eigenvalue weighted by Crippen LogP contribution is -2.41. The first-order valence-corrected chi connectivity index (χ1v) is 8.14. The molecule has 1 aromatic heterocycles. The molecule has 122 valence electrons. The highest BCUT2D eigenvalue weighted by atomic mass is 16.2. The molecule has 1 aliphatic rings.